The van der Waals surface area contributed by atoms with E-state index < -0.39 is 0 Å². The number of fused-ring (bicyclic) bond motifs is 1. The number of ketones is 1. The van der Waals surface area contributed by atoms with Crippen molar-refractivity contribution < 1.29 is 4.79 Å². The molecule has 1 aromatic heterocycles. The average Bonchev–Trinajstić information content (AvgIpc) is 2.46. The van der Waals surface area contributed by atoms with Gasteiger partial charge in [-0.05, 0) is 6.42 Å². The molecule has 0 saturated heterocycles. The van der Waals surface area contributed by atoms with E-state index in [4.69, 9.17) is 0 Å². The van der Waals surface area contributed by atoms with Gasteiger partial charge in [-0.15, -0.1) is 0 Å². The summed E-state index contributed by atoms with van der Waals surface area (Å²) >= 11 is 0. The Morgan fingerprint density at radius 3 is 3.08 bits per heavy atom. The lowest BCUT2D eigenvalue weighted by Gasteiger charge is -2.06. The van der Waals surface area contributed by atoms with Crippen LogP contribution < -0.4 is 0 Å². The number of nitrogens with one attached hydrogen (secondary N) is 1. The second-order valence-electron chi connectivity index (χ2n) is 3.18. The van der Waals surface area contributed by atoms with Crippen molar-refractivity contribution in [3.63, 3.8) is 0 Å². The maximum Gasteiger partial charge on any atom is 0.139 e. The van der Waals surface area contributed by atoms with Gasteiger partial charge in [-0.3, -0.25) is 4.79 Å². The Bertz CT molecular complexity index is 314. The molecule has 0 amide bonds. The molecule has 1 heterocycles. The molecule has 2 rings (SSSR count). The molecule has 0 spiro atoms. The number of aryl methyl sites for hydroxylation is 2. The van der Waals surface area contributed by atoms with E-state index in [1.165, 1.54) is 5.69 Å². The minimum absolute atomic E-state index is 0.316. The number of aromatic nitrogens is 2. The fourth-order valence-electron chi connectivity index (χ4n) is 1.56. The molecule has 0 aromatic carbocycles. The summed E-state index contributed by atoms with van der Waals surface area (Å²) in [4.78, 5) is 18.7. The molecule has 3 heteroatoms. The molecule has 3 nitrogen and oxygen atoms in total. The molecule has 1 aromatic rings. The molecule has 1 aliphatic rings. The molecule has 0 radical (unpaired) electrons. The maximum absolute atomic E-state index is 11.1. The summed E-state index contributed by atoms with van der Waals surface area (Å²) in [7, 11) is 0. The first-order chi connectivity index (χ1) is 5.79. The Kier molecular flexibility index (Phi) is 1.71. The number of hydrogen-bond acceptors (Lipinski definition) is 2. The summed E-state index contributed by atoms with van der Waals surface area (Å²) in [5, 5.41) is 0. The monoisotopic (exact) mass is 164 g/mol. The zero-order valence-corrected chi connectivity index (χ0v) is 7.18. The standard InChI is InChI=1S/C9H12N2O/c1-2-9-10-7-4-3-6(12)5-8(7)11-9/h2-5H2,1H3,(H,10,11). The summed E-state index contributed by atoms with van der Waals surface area (Å²) in [5.74, 6) is 1.33. The van der Waals surface area contributed by atoms with Crippen LogP contribution in [0.3, 0.4) is 0 Å². The van der Waals surface area contributed by atoms with Crippen LogP contribution in [-0.2, 0) is 24.1 Å². The van der Waals surface area contributed by atoms with Crippen molar-refractivity contribution in [1.82, 2.24) is 9.97 Å². The zero-order chi connectivity index (χ0) is 8.55. The van der Waals surface area contributed by atoms with Crippen molar-refractivity contribution >= 4 is 5.78 Å². The highest BCUT2D eigenvalue weighted by molar-refractivity contribution is 5.82. The van der Waals surface area contributed by atoms with Crippen molar-refractivity contribution in [2.45, 2.75) is 32.6 Å². The van der Waals surface area contributed by atoms with Crippen LogP contribution in [0.25, 0.3) is 0 Å². The number of rotatable bonds is 1. The molecule has 0 atom stereocenters. The normalized spacial score (nSPS) is 16.2. The lowest BCUT2D eigenvalue weighted by molar-refractivity contribution is -0.118. The van der Waals surface area contributed by atoms with Crippen molar-refractivity contribution in [2.75, 3.05) is 0 Å². The smallest absolute Gasteiger partial charge is 0.139 e. The van der Waals surface area contributed by atoms with Crippen LogP contribution in [0.4, 0.5) is 0 Å². The van der Waals surface area contributed by atoms with Crippen LogP contribution in [0.2, 0.25) is 0 Å². The number of H-pyrrole nitrogens is 1. The molecule has 1 aliphatic carbocycles. The third-order valence-electron chi connectivity index (χ3n) is 2.27. The first-order valence-electron chi connectivity index (χ1n) is 4.38. The Labute approximate surface area is 71.2 Å². The minimum Gasteiger partial charge on any atom is -0.346 e. The lowest BCUT2D eigenvalue weighted by Crippen LogP contribution is -2.12. The second-order valence-corrected chi connectivity index (χ2v) is 3.18. The molecule has 0 saturated carbocycles. The van der Waals surface area contributed by atoms with Gasteiger partial charge in [-0.2, -0.15) is 0 Å². The van der Waals surface area contributed by atoms with E-state index in [9.17, 15) is 4.79 Å². The summed E-state index contributed by atoms with van der Waals surface area (Å²) in [5.41, 5.74) is 2.15. The molecule has 0 aliphatic heterocycles. The summed E-state index contributed by atoms with van der Waals surface area (Å²) in [6, 6.07) is 0. The SMILES string of the molecule is CCc1nc2c([nH]1)CCC(=O)C2. The Balaban J connectivity index is 2.34. The van der Waals surface area contributed by atoms with E-state index in [2.05, 4.69) is 16.9 Å². The third-order valence-corrected chi connectivity index (χ3v) is 2.27. The van der Waals surface area contributed by atoms with E-state index in [-0.39, 0.29) is 0 Å². The van der Waals surface area contributed by atoms with Gasteiger partial charge >= 0.3 is 0 Å². The maximum atomic E-state index is 11.1. The quantitative estimate of drug-likeness (QED) is 0.673. The van der Waals surface area contributed by atoms with Crippen LogP contribution in [0.15, 0.2) is 0 Å². The van der Waals surface area contributed by atoms with Crippen LogP contribution in [0.5, 0.6) is 0 Å². The van der Waals surface area contributed by atoms with E-state index in [1.807, 2.05) is 0 Å². The number of hydrogen-bond donors (Lipinski definition) is 1. The highest BCUT2D eigenvalue weighted by Crippen LogP contribution is 2.16. The molecule has 0 fully saturated rings. The first kappa shape index (κ1) is 7.53. The van der Waals surface area contributed by atoms with E-state index in [0.717, 1.165) is 24.4 Å². The lowest BCUT2D eigenvalue weighted by atomic mass is 10.0. The van der Waals surface area contributed by atoms with Crippen molar-refractivity contribution in [1.29, 1.82) is 0 Å². The number of nitrogens with zero attached hydrogens (tertiary/aromatic N) is 1. The van der Waals surface area contributed by atoms with Crippen LogP contribution >= 0.6 is 0 Å². The van der Waals surface area contributed by atoms with Gasteiger partial charge < -0.3 is 4.98 Å². The first-order valence-corrected chi connectivity index (χ1v) is 4.38. The summed E-state index contributed by atoms with van der Waals surface area (Å²) < 4.78 is 0. The molecule has 64 valence electrons. The molecular formula is C9H12N2O. The molecular weight excluding hydrogens is 152 g/mol. The molecule has 1 N–H and O–H groups in total. The van der Waals surface area contributed by atoms with Crippen molar-refractivity contribution in [3.8, 4) is 0 Å². The largest absolute Gasteiger partial charge is 0.346 e. The minimum atomic E-state index is 0.316. The Morgan fingerprint density at radius 2 is 2.33 bits per heavy atom. The van der Waals surface area contributed by atoms with Crippen LogP contribution in [0, 0.1) is 0 Å². The zero-order valence-electron chi connectivity index (χ0n) is 7.18. The Morgan fingerprint density at radius 1 is 1.50 bits per heavy atom. The van der Waals surface area contributed by atoms with Gasteiger partial charge in [-0.25, -0.2) is 4.98 Å². The van der Waals surface area contributed by atoms with Crippen molar-refractivity contribution in [3.05, 3.63) is 17.2 Å². The van der Waals surface area contributed by atoms with E-state index in [1.54, 1.807) is 0 Å². The number of aromatic amines is 1. The summed E-state index contributed by atoms with van der Waals surface area (Å²) in [6.45, 7) is 2.06. The molecule has 12 heavy (non-hydrogen) atoms. The van der Waals surface area contributed by atoms with Gasteiger partial charge in [0.15, 0.2) is 0 Å². The Hall–Kier alpha value is -1.12. The topological polar surface area (TPSA) is 45.8 Å². The predicted octanol–water partition coefficient (Wildman–Crippen LogP) is 1.03. The van der Waals surface area contributed by atoms with E-state index >= 15 is 0 Å². The predicted molar refractivity (Wildman–Crippen MR) is 45.0 cm³/mol. The fraction of sp³-hybridized carbons (Fsp3) is 0.556. The number of carbonyl (C=O) groups is 1. The third kappa shape index (κ3) is 1.15. The van der Waals surface area contributed by atoms with Crippen LogP contribution in [-0.4, -0.2) is 15.8 Å². The van der Waals surface area contributed by atoms with Crippen molar-refractivity contribution in [2.24, 2.45) is 0 Å². The second kappa shape index (κ2) is 2.73. The van der Waals surface area contributed by atoms with Gasteiger partial charge in [0.05, 0.1) is 12.1 Å². The highest BCUT2D eigenvalue weighted by Gasteiger charge is 2.18. The average molecular weight is 164 g/mol. The van der Waals surface area contributed by atoms with Gasteiger partial charge in [-0.1, -0.05) is 6.92 Å². The number of imidazole rings is 1. The van der Waals surface area contributed by atoms with Gasteiger partial charge in [0.2, 0.25) is 0 Å². The summed E-state index contributed by atoms with van der Waals surface area (Å²) in [6.07, 6.45) is 2.98. The van der Waals surface area contributed by atoms with Gasteiger partial charge in [0.25, 0.3) is 0 Å². The van der Waals surface area contributed by atoms with Gasteiger partial charge in [0.1, 0.15) is 11.6 Å². The number of carbonyl (C=O) groups excluding carboxylic acids is 1. The highest BCUT2D eigenvalue weighted by atomic mass is 16.1. The molecule has 0 bridgehead atoms. The van der Waals surface area contributed by atoms with Gasteiger partial charge in [0, 0.05) is 18.5 Å². The van der Waals surface area contributed by atoms with Crippen LogP contribution in [0.1, 0.15) is 30.6 Å². The van der Waals surface area contributed by atoms with E-state index in [0.29, 0.717) is 18.6 Å². The number of Topliss-reactive ketones (excluding diaryl/α,β-unsaturated/α-hetero) is 1. The fourth-order valence-corrected chi connectivity index (χ4v) is 1.56. The molecule has 0 unspecified atom stereocenters.